The molecule has 4 bridgehead atoms. The monoisotopic (exact) mass is 282 g/mol. The fraction of sp³-hybridized carbons (Fsp3) is 0.684. The fourth-order valence-corrected chi connectivity index (χ4v) is 6.94. The van der Waals surface area contributed by atoms with Crippen LogP contribution in [0.5, 0.6) is 0 Å². The normalized spacial score (nSPS) is 51.9. The molecule has 2 saturated carbocycles. The van der Waals surface area contributed by atoms with Crippen molar-refractivity contribution in [3.8, 4) is 0 Å². The first-order valence-electron chi connectivity index (χ1n) is 8.38. The van der Waals surface area contributed by atoms with E-state index in [-0.39, 0.29) is 28.8 Å². The summed E-state index contributed by atoms with van der Waals surface area (Å²) in [5.74, 6) is 1.77. The number of carbonyl (C=O) groups is 2. The van der Waals surface area contributed by atoms with Crippen molar-refractivity contribution < 1.29 is 9.59 Å². The van der Waals surface area contributed by atoms with E-state index < -0.39 is 0 Å². The first kappa shape index (κ1) is 12.4. The second-order valence-corrected chi connectivity index (χ2v) is 8.65. The molecule has 6 atom stereocenters. The maximum atomic E-state index is 12.4. The highest BCUT2D eigenvalue weighted by atomic mass is 16.1. The SMILES string of the molecule is CC1(C)[C@H]2CC[C@]1(C)C1=C2[C@H]2C[C@H]1[C@@H]1C(=O)C=CC(=O)[C@@H]12. The molecule has 0 unspecified atom stereocenters. The number of rotatable bonds is 0. The highest BCUT2D eigenvalue weighted by molar-refractivity contribution is 6.08. The summed E-state index contributed by atoms with van der Waals surface area (Å²) in [6, 6.07) is 0. The number of allylic oxidation sites excluding steroid dienone is 4. The Morgan fingerprint density at radius 3 is 2.29 bits per heavy atom. The summed E-state index contributed by atoms with van der Waals surface area (Å²) >= 11 is 0. The summed E-state index contributed by atoms with van der Waals surface area (Å²) in [5, 5.41) is 0. The number of hydrogen-bond acceptors (Lipinski definition) is 2. The number of ketones is 2. The molecule has 0 N–H and O–H groups in total. The molecule has 5 rings (SSSR count). The summed E-state index contributed by atoms with van der Waals surface area (Å²) in [4.78, 5) is 24.8. The van der Waals surface area contributed by atoms with Crippen LogP contribution in [0.15, 0.2) is 23.3 Å². The molecule has 0 saturated heterocycles. The van der Waals surface area contributed by atoms with Crippen molar-refractivity contribution in [2.75, 3.05) is 0 Å². The molecule has 2 nitrogen and oxygen atoms in total. The van der Waals surface area contributed by atoms with E-state index in [2.05, 4.69) is 20.8 Å². The van der Waals surface area contributed by atoms with Crippen LogP contribution in [0.2, 0.25) is 0 Å². The smallest absolute Gasteiger partial charge is 0.160 e. The van der Waals surface area contributed by atoms with Crippen LogP contribution in [0.1, 0.15) is 40.0 Å². The Morgan fingerprint density at radius 1 is 1.00 bits per heavy atom. The third kappa shape index (κ3) is 1.06. The van der Waals surface area contributed by atoms with Crippen molar-refractivity contribution in [3.05, 3.63) is 23.3 Å². The van der Waals surface area contributed by atoms with E-state index in [1.54, 1.807) is 23.3 Å². The van der Waals surface area contributed by atoms with Gasteiger partial charge in [-0.25, -0.2) is 0 Å². The van der Waals surface area contributed by atoms with Gasteiger partial charge in [-0.05, 0) is 60.0 Å². The highest BCUT2D eigenvalue weighted by Crippen LogP contribution is 2.77. The van der Waals surface area contributed by atoms with Crippen LogP contribution in [-0.4, -0.2) is 11.6 Å². The van der Waals surface area contributed by atoms with Gasteiger partial charge in [0.2, 0.25) is 0 Å². The average molecular weight is 282 g/mol. The van der Waals surface area contributed by atoms with Crippen LogP contribution in [-0.2, 0) is 9.59 Å². The van der Waals surface area contributed by atoms with Crippen LogP contribution in [0.25, 0.3) is 0 Å². The molecule has 21 heavy (non-hydrogen) atoms. The Hall–Kier alpha value is -1.18. The standard InChI is InChI=1S/C19H22O2/c1-18(2)11-6-7-19(18,3)17-10-8-9(14(11)17)15-12(20)4-5-13(21)16(10)15/h4-5,9-11,15-16H,6-8H2,1-3H3/t9-,10+,11+,15+,16-,19-/m1/s1. The van der Waals surface area contributed by atoms with E-state index in [9.17, 15) is 9.59 Å². The van der Waals surface area contributed by atoms with Crippen LogP contribution in [0.3, 0.4) is 0 Å². The Balaban J connectivity index is 1.71. The van der Waals surface area contributed by atoms with Crippen LogP contribution >= 0.6 is 0 Å². The maximum Gasteiger partial charge on any atom is 0.160 e. The lowest BCUT2D eigenvalue weighted by molar-refractivity contribution is -0.129. The second kappa shape index (κ2) is 3.26. The van der Waals surface area contributed by atoms with E-state index in [4.69, 9.17) is 0 Å². The Bertz CT molecular complexity index is 665. The fourth-order valence-electron chi connectivity index (χ4n) is 6.94. The molecule has 2 fully saturated rings. The number of hydrogen-bond donors (Lipinski definition) is 0. The molecule has 0 aromatic carbocycles. The van der Waals surface area contributed by atoms with Gasteiger partial charge in [0.05, 0.1) is 0 Å². The largest absolute Gasteiger partial charge is 0.294 e. The molecule has 0 spiro atoms. The van der Waals surface area contributed by atoms with Crippen molar-refractivity contribution in [2.24, 2.45) is 40.4 Å². The zero-order chi connectivity index (χ0) is 14.7. The van der Waals surface area contributed by atoms with Gasteiger partial charge in [0.25, 0.3) is 0 Å². The molecule has 0 heterocycles. The summed E-state index contributed by atoms with van der Waals surface area (Å²) in [7, 11) is 0. The van der Waals surface area contributed by atoms with Gasteiger partial charge in [0.1, 0.15) is 0 Å². The van der Waals surface area contributed by atoms with Gasteiger partial charge < -0.3 is 0 Å². The summed E-state index contributed by atoms with van der Waals surface area (Å²) in [6.07, 6.45) is 6.71. The van der Waals surface area contributed by atoms with E-state index >= 15 is 0 Å². The minimum Gasteiger partial charge on any atom is -0.294 e. The molecule has 0 radical (unpaired) electrons. The summed E-state index contributed by atoms with van der Waals surface area (Å²) < 4.78 is 0. The van der Waals surface area contributed by atoms with Gasteiger partial charge in [0, 0.05) is 11.8 Å². The Morgan fingerprint density at radius 2 is 1.62 bits per heavy atom. The zero-order valence-electron chi connectivity index (χ0n) is 13.0. The second-order valence-electron chi connectivity index (χ2n) is 8.65. The lowest BCUT2D eigenvalue weighted by atomic mass is 9.62. The van der Waals surface area contributed by atoms with Crippen molar-refractivity contribution in [2.45, 2.75) is 40.0 Å². The summed E-state index contributed by atoms with van der Waals surface area (Å²) in [5.41, 5.74) is 3.81. The van der Waals surface area contributed by atoms with Gasteiger partial charge in [-0.3, -0.25) is 9.59 Å². The molecule has 2 heteroatoms. The van der Waals surface area contributed by atoms with E-state index in [0.717, 1.165) is 6.42 Å². The van der Waals surface area contributed by atoms with Gasteiger partial charge >= 0.3 is 0 Å². The minimum absolute atomic E-state index is 0.0231. The molecular formula is C19H22O2. The topological polar surface area (TPSA) is 34.1 Å². The van der Waals surface area contributed by atoms with Gasteiger partial charge in [-0.1, -0.05) is 31.9 Å². The van der Waals surface area contributed by atoms with Gasteiger partial charge in [-0.15, -0.1) is 0 Å². The minimum atomic E-state index is -0.0294. The van der Waals surface area contributed by atoms with E-state index in [1.165, 1.54) is 12.8 Å². The third-order valence-electron chi connectivity index (χ3n) is 8.11. The Kier molecular flexibility index (Phi) is 1.92. The number of fused-ring (bicyclic) bond motifs is 11. The van der Waals surface area contributed by atoms with Crippen LogP contribution in [0, 0.1) is 40.4 Å². The lowest BCUT2D eigenvalue weighted by Crippen LogP contribution is -2.40. The third-order valence-corrected chi connectivity index (χ3v) is 8.11. The molecule has 0 aromatic heterocycles. The average Bonchev–Trinajstić information content (AvgIpc) is 3.09. The lowest BCUT2D eigenvalue weighted by Gasteiger charge is -2.41. The van der Waals surface area contributed by atoms with Crippen LogP contribution in [0.4, 0.5) is 0 Å². The quantitative estimate of drug-likeness (QED) is 0.504. The van der Waals surface area contributed by atoms with E-state index in [1.807, 2.05) is 0 Å². The van der Waals surface area contributed by atoms with Crippen molar-refractivity contribution in [1.82, 2.24) is 0 Å². The molecule has 0 aliphatic heterocycles. The highest BCUT2D eigenvalue weighted by Gasteiger charge is 2.70. The Labute approximate surface area is 125 Å². The summed E-state index contributed by atoms with van der Waals surface area (Å²) in [6.45, 7) is 7.25. The van der Waals surface area contributed by atoms with Crippen molar-refractivity contribution in [3.63, 3.8) is 0 Å². The van der Waals surface area contributed by atoms with Crippen molar-refractivity contribution >= 4 is 11.6 Å². The van der Waals surface area contributed by atoms with Crippen LogP contribution < -0.4 is 0 Å². The molecule has 0 amide bonds. The van der Waals surface area contributed by atoms with Crippen molar-refractivity contribution in [1.29, 1.82) is 0 Å². The molecular weight excluding hydrogens is 260 g/mol. The zero-order valence-corrected chi connectivity index (χ0v) is 13.0. The molecule has 0 aromatic rings. The predicted molar refractivity (Wildman–Crippen MR) is 79.4 cm³/mol. The number of carbonyl (C=O) groups excluding carboxylic acids is 2. The first-order valence-corrected chi connectivity index (χ1v) is 8.38. The maximum absolute atomic E-state index is 12.4. The van der Waals surface area contributed by atoms with Gasteiger partial charge in [-0.2, -0.15) is 0 Å². The predicted octanol–water partition coefficient (Wildman–Crippen LogP) is 3.33. The molecule has 5 aliphatic carbocycles. The van der Waals surface area contributed by atoms with Gasteiger partial charge in [0.15, 0.2) is 11.6 Å². The van der Waals surface area contributed by atoms with E-state index in [0.29, 0.717) is 23.2 Å². The first-order chi connectivity index (χ1) is 9.88. The molecule has 110 valence electrons. The molecule has 5 aliphatic rings.